The van der Waals surface area contributed by atoms with Crippen LogP contribution in [-0.4, -0.2) is 44.0 Å². The van der Waals surface area contributed by atoms with Crippen LogP contribution in [0.2, 0.25) is 0 Å². The van der Waals surface area contributed by atoms with Gasteiger partial charge in [0.2, 0.25) is 11.8 Å². The van der Waals surface area contributed by atoms with Crippen molar-refractivity contribution in [1.29, 1.82) is 0 Å². The molecule has 3 heterocycles. The van der Waals surface area contributed by atoms with Gasteiger partial charge in [-0.1, -0.05) is 0 Å². The fourth-order valence-corrected chi connectivity index (χ4v) is 3.56. The molecule has 11 heteroatoms. The number of hydrogen-bond acceptors (Lipinski definition) is 6. The quantitative estimate of drug-likeness (QED) is 0.816. The first-order chi connectivity index (χ1) is 12.7. The number of amides is 1. The highest BCUT2D eigenvalue weighted by molar-refractivity contribution is 5.99. The lowest BCUT2D eigenvalue weighted by molar-refractivity contribution is -0.0587. The van der Waals surface area contributed by atoms with E-state index in [1.165, 1.54) is 17.2 Å². The number of alkyl halides is 4. The van der Waals surface area contributed by atoms with Crippen molar-refractivity contribution in [3.05, 3.63) is 29.4 Å². The third-order valence-electron chi connectivity index (χ3n) is 4.89. The van der Waals surface area contributed by atoms with Crippen molar-refractivity contribution < 1.29 is 26.8 Å². The average molecular weight is 385 g/mol. The maximum Gasteiger partial charge on any atom is 0.314 e. The molecular formula is C16H15F4N5O2. The fourth-order valence-electron chi connectivity index (χ4n) is 3.56. The summed E-state index contributed by atoms with van der Waals surface area (Å²) >= 11 is 0. The number of carbonyl (C=O) groups is 1. The number of rotatable bonds is 3. The number of carbonyl (C=O) groups excluding carboxylic acids is 1. The number of nitrogens with two attached hydrogens (primary N) is 1. The van der Waals surface area contributed by atoms with Gasteiger partial charge in [0.15, 0.2) is 0 Å². The van der Waals surface area contributed by atoms with Gasteiger partial charge < -0.3 is 15.1 Å². The third-order valence-corrected chi connectivity index (χ3v) is 4.89. The molecule has 0 unspecified atom stereocenters. The molecule has 2 aromatic heterocycles. The molecule has 0 aromatic carbocycles. The van der Waals surface area contributed by atoms with Crippen LogP contribution in [0, 0.1) is 0 Å². The summed E-state index contributed by atoms with van der Waals surface area (Å²) in [4.78, 5) is 18.4. The molecule has 1 aliphatic heterocycles. The average Bonchev–Trinajstić information content (AvgIpc) is 3.20. The van der Waals surface area contributed by atoms with Crippen LogP contribution < -0.4 is 5.73 Å². The molecular weight excluding hydrogens is 370 g/mol. The standard InChI is InChI=1S/C16H15F4N5O2/c17-12(18)14-24-23-13(27-14)7-3-8-10(22-5-7)6-25(15(8)26)11-1-2-16(19,20)4-9(11)21/h3,5,9,11-12H,1-2,4,6,21H2/t9-,11-/m1/s1. The fraction of sp³-hybridized carbons (Fsp3) is 0.500. The van der Waals surface area contributed by atoms with Crippen LogP contribution >= 0.6 is 0 Å². The zero-order chi connectivity index (χ0) is 19.3. The van der Waals surface area contributed by atoms with E-state index in [0.717, 1.165) is 0 Å². The molecule has 2 N–H and O–H groups in total. The van der Waals surface area contributed by atoms with Crippen molar-refractivity contribution in [3.8, 4) is 11.5 Å². The second-order valence-corrected chi connectivity index (χ2v) is 6.73. The summed E-state index contributed by atoms with van der Waals surface area (Å²) in [5, 5.41) is 6.77. The molecule has 0 spiro atoms. The molecule has 4 rings (SSSR count). The first-order valence-corrected chi connectivity index (χ1v) is 8.30. The molecule has 1 aliphatic carbocycles. The maximum atomic E-state index is 13.5. The summed E-state index contributed by atoms with van der Waals surface area (Å²) in [6.45, 7) is 0.157. The number of halogens is 4. The molecule has 1 amide bonds. The molecule has 2 atom stereocenters. The highest BCUT2D eigenvalue weighted by Crippen LogP contribution is 2.37. The largest absolute Gasteiger partial charge is 0.415 e. The second kappa shape index (κ2) is 6.25. The van der Waals surface area contributed by atoms with E-state index in [2.05, 4.69) is 15.2 Å². The molecule has 27 heavy (non-hydrogen) atoms. The zero-order valence-electron chi connectivity index (χ0n) is 13.9. The summed E-state index contributed by atoms with van der Waals surface area (Å²) in [7, 11) is 0. The van der Waals surface area contributed by atoms with E-state index in [-0.39, 0.29) is 36.4 Å². The van der Waals surface area contributed by atoms with E-state index in [0.29, 0.717) is 5.69 Å². The maximum absolute atomic E-state index is 13.5. The van der Waals surface area contributed by atoms with Crippen molar-refractivity contribution in [1.82, 2.24) is 20.1 Å². The summed E-state index contributed by atoms with van der Waals surface area (Å²) in [5.41, 5.74) is 6.81. The minimum Gasteiger partial charge on any atom is -0.415 e. The Hall–Kier alpha value is -2.56. The third kappa shape index (κ3) is 3.15. The summed E-state index contributed by atoms with van der Waals surface area (Å²) in [6.07, 6.45) is -2.27. The van der Waals surface area contributed by atoms with E-state index in [9.17, 15) is 22.4 Å². The van der Waals surface area contributed by atoms with Crippen molar-refractivity contribution in [3.63, 3.8) is 0 Å². The van der Waals surface area contributed by atoms with Gasteiger partial charge in [0.1, 0.15) is 0 Å². The number of hydrogen-bond donors (Lipinski definition) is 1. The first kappa shape index (κ1) is 17.8. The van der Waals surface area contributed by atoms with Gasteiger partial charge in [0.05, 0.1) is 23.4 Å². The van der Waals surface area contributed by atoms with Crippen LogP contribution in [-0.2, 0) is 6.54 Å². The molecule has 7 nitrogen and oxygen atoms in total. The monoisotopic (exact) mass is 385 g/mol. The Morgan fingerprint density at radius 3 is 2.78 bits per heavy atom. The Morgan fingerprint density at radius 2 is 2.11 bits per heavy atom. The molecule has 144 valence electrons. The zero-order valence-corrected chi connectivity index (χ0v) is 13.9. The highest BCUT2D eigenvalue weighted by Gasteiger charge is 2.45. The van der Waals surface area contributed by atoms with Gasteiger partial charge in [0, 0.05) is 31.1 Å². The van der Waals surface area contributed by atoms with Gasteiger partial charge in [-0.3, -0.25) is 9.78 Å². The Kier molecular flexibility index (Phi) is 4.13. The van der Waals surface area contributed by atoms with Crippen molar-refractivity contribution in [2.24, 2.45) is 5.73 Å². The smallest absolute Gasteiger partial charge is 0.314 e. The lowest BCUT2D eigenvalue weighted by Crippen LogP contribution is -2.53. The number of pyridine rings is 1. The van der Waals surface area contributed by atoms with Crippen LogP contribution in [0.15, 0.2) is 16.7 Å². The SMILES string of the molecule is N[C@@H]1CC(F)(F)CC[C@H]1N1Cc2ncc(-c3nnc(C(F)F)o3)cc2C1=O. The van der Waals surface area contributed by atoms with Crippen molar-refractivity contribution in [2.45, 2.75) is 50.2 Å². The lowest BCUT2D eigenvalue weighted by Gasteiger charge is -2.38. The molecule has 0 bridgehead atoms. The molecule has 2 aliphatic rings. The number of fused-ring (bicyclic) bond motifs is 1. The molecule has 2 aromatic rings. The normalized spacial score (nSPS) is 24.5. The topological polar surface area (TPSA) is 98.1 Å². The molecule has 1 saturated carbocycles. The van der Waals surface area contributed by atoms with Gasteiger partial charge in [-0.25, -0.2) is 8.78 Å². The van der Waals surface area contributed by atoms with Crippen LogP contribution in [0.3, 0.4) is 0 Å². The van der Waals surface area contributed by atoms with Crippen molar-refractivity contribution >= 4 is 5.91 Å². The predicted octanol–water partition coefficient (Wildman–Crippen LogP) is 2.54. The highest BCUT2D eigenvalue weighted by atomic mass is 19.3. The minimum absolute atomic E-state index is 0.0994. The van der Waals surface area contributed by atoms with Crippen LogP contribution in [0.1, 0.15) is 47.6 Å². The van der Waals surface area contributed by atoms with Gasteiger partial charge in [-0.2, -0.15) is 8.78 Å². The molecule has 0 radical (unpaired) electrons. The van der Waals surface area contributed by atoms with Gasteiger partial charge in [-0.05, 0) is 12.5 Å². The Morgan fingerprint density at radius 1 is 1.33 bits per heavy atom. The van der Waals surface area contributed by atoms with Crippen LogP contribution in [0.5, 0.6) is 0 Å². The van der Waals surface area contributed by atoms with Gasteiger partial charge in [-0.15, -0.1) is 10.2 Å². The number of nitrogens with zero attached hydrogens (tertiary/aromatic N) is 4. The molecule has 0 saturated heterocycles. The van der Waals surface area contributed by atoms with E-state index in [4.69, 9.17) is 10.2 Å². The van der Waals surface area contributed by atoms with Crippen LogP contribution in [0.4, 0.5) is 17.6 Å². The Bertz CT molecular complexity index is 887. The Balaban J connectivity index is 1.58. The van der Waals surface area contributed by atoms with Crippen molar-refractivity contribution in [2.75, 3.05) is 0 Å². The Labute approximate surface area is 150 Å². The van der Waals surface area contributed by atoms with Gasteiger partial charge >= 0.3 is 6.43 Å². The van der Waals surface area contributed by atoms with E-state index in [1.54, 1.807) is 0 Å². The molecule has 1 fully saturated rings. The van der Waals surface area contributed by atoms with E-state index in [1.807, 2.05) is 0 Å². The van der Waals surface area contributed by atoms with E-state index < -0.39 is 42.7 Å². The predicted molar refractivity (Wildman–Crippen MR) is 82.9 cm³/mol. The number of aromatic nitrogens is 3. The summed E-state index contributed by atoms with van der Waals surface area (Å²) < 4.78 is 57.0. The first-order valence-electron chi connectivity index (χ1n) is 8.30. The van der Waals surface area contributed by atoms with E-state index >= 15 is 0 Å². The lowest BCUT2D eigenvalue weighted by atomic mass is 9.87. The van der Waals surface area contributed by atoms with Gasteiger partial charge in [0.25, 0.3) is 11.8 Å². The second-order valence-electron chi connectivity index (χ2n) is 6.73. The summed E-state index contributed by atoms with van der Waals surface area (Å²) in [5.74, 6) is -4.22. The van der Waals surface area contributed by atoms with Crippen LogP contribution in [0.25, 0.3) is 11.5 Å². The minimum atomic E-state index is -2.91. The summed E-state index contributed by atoms with van der Waals surface area (Å²) in [6, 6.07) is 0.0794.